The van der Waals surface area contributed by atoms with Crippen molar-refractivity contribution in [3.8, 4) is 0 Å². The van der Waals surface area contributed by atoms with Gasteiger partial charge in [-0.2, -0.15) is 32.2 Å². The van der Waals surface area contributed by atoms with E-state index >= 15 is 0 Å². The van der Waals surface area contributed by atoms with Crippen LogP contribution < -0.4 is 27.0 Å². The molecule has 0 saturated heterocycles. The van der Waals surface area contributed by atoms with Crippen molar-refractivity contribution in [3.05, 3.63) is 129 Å². The van der Waals surface area contributed by atoms with E-state index in [2.05, 4.69) is 46.2 Å². The predicted molar refractivity (Wildman–Crippen MR) is 205 cm³/mol. The van der Waals surface area contributed by atoms with Gasteiger partial charge in [-0.05, 0) is 67.3 Å². The highest BCUT2D eigenvalue weighted by Gasteiger charge is 2.36. The van der Waals surface area contributed by atoms with Crippen LogP contribution in [0, 0.1) is 32.5 Å². The second-order valence-electron chi connectivity index (χ2n) is 12.7. The van der Waals surface area contributed by atoms with Crippen LogP contribution in [0.25, 0.3) is 0 Å². The summed E-state index contributed by atoms with van der Waals surface area (Å²) in [6.07, 6.45) is 0.888. The number of rotatable bonds is 10. The quantitative estimate of drug-likeness (QED) is 0.0467. The van der Waals surface area contributed by atoms with Crippen molar-refractivity contribution in [3.63, 3.8) is 0 Å². The number of aromatic nitrogens is 5. The molecule has 2 heterocycles. The van der Waals surface area contributed by atoms with Gasteiger partial charge in [0.15, 0.2) is 17.4 Å². The highest BCUT2D eigenvalue weighted by atomic mass is 35.5. The lowest BCUT2D eigenvalue weighted by molar-refractivity contribution is 0.0980. The monoisotopic (exact) mass is 798 g/mol. The molecule has 0 radical (unpaired) electrons. The summed E-state index contributed by atoms with van der Waals surface area (Å²) >= 11 is 6.29. The third kappa shape index (κ3) is 7.27. The molecule has 0 amide bonds. The van der Waals surface area contributed by atoms with Crippen LogP contribution in [0.3, 0.4) is 0 Å². The maximum absolute atomic E-state index is 14.2. The molecule has 15 nitrogen and oxygen atoms in total. The molecule has 7 rings (SSSR count). The van der Waals surface area contributed by atoms with E-state index in [0.29, 0.717) is 28.2 Å². The third-order valence-electron chi connectivity index (χ3n) is 8.84. The van der Waals surface area contributed by atoms with Crippen molar-refractivity contribution in [2.75, 3.05) is 27.0 Å². The minimum atomic E-state index is -4.95. The molecular formula is C37H29ClF2N10O5S. The first-order valence-corrected chi connectivity index (χ1v) is 18.4. The fourth-order valence-corrected chi connectivity index (χ4v) is 7.11. The zero-order valence-corrected chi connectivity index (χ0v) is 31.1. The number of anilines is 8. The summed E-state index contributed by atoms with van der Waals surface area (Å²) in [5, 5.41) is 11.9. The molecule has 284 valence electrons. The SMILES string of the molecule is Cc1cc(C)c(Nc2cc(S(=O)(=O)O)c(N)c3c2C(=O)c2ccccc2C3=O)c(CNc2nc(Cl)nc(Nc3cc(Nc4ncnc(F)c4F)ccc3C)n2)c1. The van der Waals surface area contributed by atoms with Crippen molar-refractivity contribution in [1.29, 1.82) is 0 Å². The molecule has 0 aliphatic heterocycles. The van der Waals surface area contributed by atoms with Gasteiger partial charge in [-0.3, -0.25) is 14.1 Å². The minimum Gasteiger partial charge on any atom is -0.397 e. The first-order valence-electron chi connectivity index (χ1n) is 16.5. The molecule has 0 spiro atoms. The van der Waals surface area contributed by atoms with Crippen LogP contribution >= 0.6 is 11.6 Å². The molecule has 7 N–H and O–H groups in total. The molecule has 19 heteroatoms. The average Bonchev–Trinajstić information content (AvgIpc) is 3.14. The van der Waals surface area contributed by atoms with Gasteiger partial charge in [-0.15, -0.1) is 0 Å². The molecular weight excluding hydrogens is 770 g/mol. The zero-order chi connectivity index (χ0) is 40.1. The normalized spacial score (nSPS) is 12.2. The second-order valence-corrected chi connectivity index (χ2v) is 14.4. The number of carbonyl (C=O) groups excluding carboxylic acids is 2. The Balaban J connectivity index is 1.20. The Morgan fingerprint density at radius 3 is 2.21 bits per heavy atom. The summed E-state index contributed by atoms with van der Waals surface area (Å²) in [6.45, 7) is 5.51. The maximum atomic E-state index is 14.2. The summed E-state index contributed by atoms with van der Waals surface area (Å²) in [4.78, 5) is 46.6. The Morgan fingerprint density at radius 1 is 0.804 bits per heavy atom. The van der Waals surface area contributed by atoms with E-state index in [1.54, 1.807) is 44.2 Å². The molecule has 1 aliphatic carbocycles. The van der Waals surface area contributed by atoms with Gasteiger partial charge in [-0.25, -0.2) is 9.97 Å². The smallest absolute Gasteiger partial charge is 0.296 e. The highest BCUT2D eigenvalue weighted by Crippen LogP contribution is 2.41. The Kier molecular flexibility index (Phi) is 9.79. The summed E-state index contributed by atoms with van der Waals surface area (Å²) < 4.78 is 62.9. The van der Waals surface area contributed by atoms with Crippen molar-refractivity contribution in [2.24, 2.45) is 0 Å². The fraction of sp³-hybridized carbons (Fsp3) is 0.108. The topological polar surface area (TPSA) is 227 Å². The van der Waals surface area contributed by atoms with Gasteiger partial charge >= 0.3 is 0 Å². The molecule has 0 atom stereocenters. The number of fused-ring (bicyclic) bond motifs is 2. The van der Waals surface area contributed by atoms with Crippen molar-refractivity contribution >= 4 is 79.4 Å². The number of nitrogen functional groups attached to an aromatic ring is 1. The van der Waals surface area contributed by atoms with Crippen LogP contribution in [0.2, 0.25) is 5.28 Å². The van der Waals surface area contributed by atoms with Gasteiger partial charge in [0, 0.05) is 34.7 Å². The molecule has 0 bridgehead atoms. The molecule has 6 aromatic rings. The summed E-state index contributed by atoms with van der Waals surface area (Å²) in [5.41, 5.74) is 9.38. The molecule has 0 unspecified atom stereocenters. The van der Waals surface area contributed by atoms with Gasteiger partial charge < -0.3 is 27.0 Å². The molecule has 0 fully saturated rings. The predicted octanol–water partition coefficient (Wildman–Crippen LogP) is 6.97. The van der Waals surface area contributed by atoms with E-state index in [9.17, 15) is 31.3 Å². The van der Waals surface area contributed by atoms with E-state index < -0.39 is 44.0 Å². The van der Waals surface area contributed by atoms with Gasteiger partial charge in [0.05, 0.1) is 22.5 Å². The van der Waals surface area contributed by atoms with E-state index in [0.717, 1.165) is 23.5 Å². The number of hydrogen-bond acceptors (Lipinski definition) is 14. The van der Waals surface area contributed by atoms with Crippen LogP contribution in [0.4, 0.5) is 54.9 Å². The van der Waals surface area contributed by atoms with E-state index in [-0.39, 0.29) is 57.5 Å². The van der Waals surface area contributed by atoms with Crippen molar-refractivity contribution < 1.29 is 31.3 Å². The van der Waals surface area contributed by atoms with E-state index in [1.807, 2.05) is 19.1 Å². The highest BCUT2D eigenvalue weighted by molar-refractivity contribution is 7.86. The van der Waals surface area contributed by atoms with Crippen LogP contribution in [0.15, 0.2) is 71.9 Å². The summed E-state index contributed by atoms with van der Waals surface area (Å²) in [6, 6.07) is 15.8. The molecule has 2 aromatic heterocycles. The van der Waals surface area contributed by atoms with E-state index in [1.165, 1.54) is 12.1 Å². The third-order valence-corrected chi connectivity index (χ3v) is 9.90. The van der Waals surface area contributed by atoms with Gasteiger partial charge in [0.1, 0.15) is 11.2 Å². The molecule has 56 heavy (non-hydrogen) atoms. The van der Waals surface area contributed by atoms with Gasteiger partial charge in [0.2, 0.25) is 23.0 Å². The zero-order valence-electron chi connectivity index (χ0n) is 29.5. The number of ketones is 2. The lowest BCUT2D eigenvalue weighted by atomic mass is 9.82. The lowest BCUT2D eigenvalue weighted by Crippen LogP contribution is -2.25. The maximum Gasteiger partial charge on any atom is 0.296 e. The molecule has 1 aliphatic rings. The van der Waals surface area contributed by atoms with Crippen molar-refractivity contribution in [2.45, 2.75) is 32.2 Å². The Morgan fingerprint density at radius 2 is 1.50 bits per heavy atom. The van der Waals surface area contributed by atoms with E-state index in [4.69, 9.17) is 17.3 Å². The number of nitrogens with one attached hydrogen (secondary N) is 4. The Hall–Kier alpha value is -6.63. The standard InChI is InChI=1S/C37H29ClF2N10O5S/c1-16-10-18(3)30(46-24-13-25(56(53,54)55)29(41)27-26(24)31(51)21-6-4-5-7-22(21)32(27)52)19(11-16)14-42-36-48-35(38)49-37(50-36)47-23-12-20(9-8-17(23)2)45-34-28(39)33(40)43-15-44-34/h4-13,15,46H,14,41H2,1-3H3,(H,43,44,45)(H,53,54,55)(H2,42,47,48,49,50). The number of nitrogens with zero attached hydrogens (tertiary/aromatic N) is 5. The molecule has 4 aromatic carbocycles. The van der Waals surface area contributed by atoms with Gasteiger partial charge in [0.25, 0.3) is 16.1 Å². The van der Waals surface area contributed by atoms with Crippen molar-refractivity contribution in [1.82, 2.24) is 24.9 Å². The summed E-state index contributed by atoms with van der Waals surface area (Å²) in [7, 11) is -4.95. The first kappa shape index (κ1) is 37.7. The number of benzene rings is 4. The summed E-state index contributed by atoms with van der Waals surface area (Å²) in [5.74, 6) is -4.04. The first-order chi connectivity index (χ1) is 26.6. The number of carbonyl (C=O) groups is 2. The average molecular weight is 799 g/mol. The lowest BCUT2D eigenvalue weighted by Gasteiger charge is -2.25. The number of hydrogen-bond donors (Lipinski definition) is 6. The largest absolute Gasteiger partial charge is 0.397 e. The minimum absolute atomic E-state index is 0.0421. The fourth-order valence-electron chi connectivity index (χ4n) is 6.30. The van der Waals surface area contributed by atoms with Crippen LogP contribution in [-0.4, -0.2) is 49.5 Å². The molecule has 0 saturated carbocycles. The van der Waals surface area contributed by atoms with Crippen LogP contribution in [-0.2, 0) is 16.7 Å². The Labute approximate surface area is 322 Å². The second kappa shape index (κ2) is 14.5. The number of aryl methyl sites for hydroxylation is 3. The number of nitrogens with two attached hydrogens (primary N) is 1. The van der Waals surface area contributed by atoms with Gasteiger partial charge in [-0.1, -0.05) is 48.0 Å². The Bertz CT molecular complexity index is 2750. The van der Waals surface area contributed by atoms with Crippen LogP contribution in [0.1, 0.15) is 54.1 Å². The van der Waals surface area contributed by atoms with Crippen LogP contribution in [0.5, 0.6) is 0 Å². The number of halogens is 3.